The Hall–Kier alpha value is -1.39. The fraction of sp³-hybridized carbons (Fsp3) is 0.632. The second-order valence-electron chi connectivity index (χ2n) is 7.19. The number of nitrogens with two attached hydrogens (primary N) is 1. The molecule has 0 spiro atoms. The van der Waals surface area contributed by atoms with Crippen LogP contribution in [0.5, 0.6) is 0 Å². The van der Waals surface area contributed by atoms with Crippen molar-refractivity contribution in [2.24, 2.45) is 11.7 Å². The van der Waals surface area contributed by atoms with Crippen molar-refractivity contribution in [2.45, 2.75) is 51.2 Å². The van der Waals surface area contributed by atoms with Crippen LogP contribution in [0, 0.1) is 5.92 Å². The number of benzene rings is 1. The molecule has 1 heterocycles. The van der Waals surface area contributed by atoms with Gasteiger partial charge >= 0.3 is 0 Å². The number of carbonyl (C=O) groups excluding carboxylic acids is 1. The molecule has 1 amide bonds. The summed E-state index contributed by atoms with van der Waals surface area (Å²) in [5, 5.41) is 0. The van der Waals surface area contributed by atoms with Gasteiger partial charge in [0, 0.05) is 44.2 Å². The van der Waals surface area contributed by atoms with Crippen LogP contribution in [0.3, 0.4) is 0 Å². The van der Waals surface area contributed by atoms with Gasteiger partial charge in [-0.15, -0.1) is 0 Å². The van der Waals surface area contributed by atoms with Crippen LogP contribution in [0.2, 0.25) is 0 Å². The SMILES string of the molecule is CC1CCN(C(=O)C2CCC(N)C2)CCN1Cc1ccccc1. The maximum absolute atomic E-state index is 12.7. The molecule has 0 radical (unpaired) electrons. The van der Waals surface area contributed by atoms with Crippen molar-refractivity contribution in [2.75, 3.05) is 19.6 Å². The normalized spacial score (nSPS) is 29.5. The molecule has 126 valence electrons. The van der Waals surface area contributed by atoms with Crippen molar-refractivity contribution in [1.82, 2.24) is 9.80 Å². The average Bonchev–Trinajstić information content (AvgIpc) is 2.92. The average molecular weight is 315 g/mol. The minimum Gasteiger partial charge on any atom is -0.341 e. The van der Waals surface area contributed by atoms with Crippen molar-refractivity contribution in [3.8, 4) is 0 Å². The van der Waals surface area contributed by atoms with Gasteiger partial charge in [0.15, 0.2) is 0 Å². The van der Waals surface area contributed by atoms with Gasteiger partial charge < -0.3 is 10.6 Å². The van der Waals surface area contributed by atoms with Crippen LogP contribution in [-0.4, -0.2) is 47.4 Å². The maximum atomic E-state index is 12.7. The first kappa shape index (κ1) is 16.5. The Morgan fingerprint density at radius 2 is 1.91 bits per heavy atom. The highest BCUT2D eigenvalue weighted by atomic mass is 16.2. The molecule has 3 rings (SSSR count). The van der Waals surface area contributed by atoms with Gasteiger partial charge in [-0.25, -0.2) is 0 Å². The Labute approximate surface area is 139 Å². The van der Waals surface area contributed by atoms with Gasteiger partial charge in [-0.2, -0.15) is 0 Å². The first-order valence-corrected chi connectivity index (χ1v) is 8.96. The third-order valence-electron chi connectivity index (χ3n) is 5.46. The van der Waals surface area contributed by atoms with E-state index in [1.807, 2.05) is 0 Å². The summed E-state index contributed by atoms with van der Waals surface area (Å²) in [5.74, 6) is 0.507. The fourth-order valence-electron chi connectivity index (χ4n) is 3.88. The van der Waals surface area contributed by atoms with Gasteiger partial charge in [-0.1, -0.05) is 30.3 Å². The van der Waals surface area contributed by atoms with Gasteiger partial charge in [0.2, 0.25) is 5.91 Å². The topological polar surface area (TPSA) is 49.6 Å². The Balaban J connectivity index is 1.58. The quantitative estimate of drug-likeness (QED) is 0.930. The lowest BCUT2D eigenvalue weighted by Gasteiger charge is -2.26. The largest absolute Gasteiger partial charge is 0.341 e. The smallest absolute Gasteiger partial charge is 0.225 e. The Morgan fingerprint density at radius 3 is 2.61 bits per heavy atom. The summed E-state index contributed by atoms with van der Waals surface area (Å²) in [4.78, 5) is 17.3. The molecule has 2 aliphatic rings. The summed E-state index contributed by atoms with van der Waals surface area (Å²) >= 11 is 0. The van der Waals surface area contributed by atoms with E-state index in [1.54, 1.807) is 0 Å². The van der Waals surface area contributed by atoms with E-state index in [9.17, 15) is 4.79 Å². The molecular formula is C19H29N3O. The number of hydrogen-bond donors (Lipinski definition) is 1. The van der Waals surface area contributed by atoms with Gasteiger partial charge in [0.25, 0.3) is 0 Å². The van der Waals surface area contributed by atoms with E-state index in [0.29, 0.717) is 11.9 Å². The predicted octanol–water partition coefficient (Wildman–Crippen LogP) is 2.24. The number of carbonyl (C=O) groups is 1. The standard InChI is InChI=1S/C19H29N3O/c1-15-9-10-21(19(23)17-7-8-18(20)13-17)11-12-22(15)14-16-5-3-2-4-6-16/h2-6,15,17-18H,7-14,20H2,1H3. The molecule has 4 heteroatoms. The van der Waals surface area contributed by atoms with Crippen molar-refractivity contribution >= 4 is 5.91 Å². The summed E-state index contributed by atoms with van der Waals surface area (Å²) in [6, 6.07) is 11.3. The van der Waals surface area contributed by atoms with Crippen molar-refractivity contribution in [3.05, 3.63) is 35.9 Å². The molecule has 1 aliphatic heterocycles. The molecule has 2 fully saturated rings. The minimum atomic E-state index is 0.168. The zero-order valence-electron chi connectivity index (χ0n) is 14.2. The van der Waals surface area contributed by atoms with Gasteiger partial charge in [0.05, 0.1) is 0 Å². The fourth-order valence-corrected chi connectivity index (χ4v) is 3.88. The third kappa shape index (κ3) is 4.12. The highest BCUT2D eigenvalue weighted by molar-refractivity contribution is 5.79. The monoisotopic (exact) mass is 315 g/mol. The van der Waals surface area contributed by atoms with Crippen molar-refractivity contribution in [3.63, 3.8) is 0 Å². The summed E-state index contributed by atoms with van der Waals surface area (Å²) < 4.78 is 0. The molecular weight excluding hydrogens is 286 g/mol. The molecule has 1 saturated heterocycles. The zero-order chi connectivity index (χ0) is 16.2. The highest BCUT2D eigenvalue weighted by Gasteiger charge is 2.32. The van der Waals surface area contributed by atoms with Crippen molar-refractivity contribution in [1.29, 1.82) is 0 Å². The van der Waals surface area contributed by atoms with Crippen molar-refractivity contribution < 1.29 is 4.79 Å². The first-order valence-electron chi connectivity index (χ1n) is 8.96. The molecule has 3 atom stereocenters. The van der Waals surface area contributed by atoms with Gasteiger partial charge in [-0.05, 0) is 38.2 Å². The van der Waals surface area contributed by atoms with E-state index in [2.05, 4.69) is 47.1 Å². The molecule has 1 aliphatic carbocycles. The molecule has 1 aromatic carbocycles. The molecule has 0 bridgehead atoms. The van der Waals surface area contributed by atoms with E-state index in [-0.39, 0.29) is 12.0 Å². The van der Waals surface area contributed by atoms with Gasteiger partial charge in [0.1, 0.15) is 0 Å². The van der Waals surface area contributed by atoms with Gasteiger partial charge in [-0.3, -0.25) is 9.69 Å². The summed E-state index contributed by atoms with van der Waals surface area (Å²) in [7, 11) is 0. The van der Waals surface area contributed by atoms with Crippen LogP contribution in [-0.2, 0) is 11.3 Å². The lowest BCUT2D eigenvalue weighted by Crippen LogP contribution is -2.39. The number of hydrogen-bond acceptors (Lipinski definition) is 3. The summed E-state index contributed by atoms with van der Waals surface area (Å²) in [5.41, 5.74) is 7.32. The van der Waals surface area contributed by atoms with E-state index >= 15 is 0 Å². The van der Waals surface area contributed by atoms with Crippen LogP contribution >= 0.6 is 0 Å². The summed E-state index contributed by atoms with van der Waals surface area (Å²) in [6.45, 7) is 5.94. The first-order chi connectivity index (χ1) is 11.1. The Kier molecular flexibility index (Phi) is 5.34. The Bertz CT molecular complexity index is 519. The lowest BCUT2D eigenvalue weighted by atomic mass is 10.1. The van der Waals surface area contributed by atoms with Crippen LogP contribution in [0.25, 0.3) is 0 Å². The minimum absolute atomic E-state index is 0.168. The Morgan fingerprint density at radius 1 is 1.13 bits per heavy atom. The van der Waals surface area contributed by atoms with E-state index in [1.165, 1.54) is 5.56 Å². The van der Waals surface area contributed by atoms with E-state index in [0.717, 1.165) is 51.9 Å². The van der Waals surface area contributed by atoms with Crippen LogP contribution in [0.4, 0.5) is 0 Å². The maximum Gasteiger partial charge on any atom is 0.225 e. The van der Waals surface area contributed by atoms with Crippen LogP contribution < -0.4 is 5.73 Å². The molecule has 2 N–H and O–H groups in total. The van der Waals surface area contributed by atoms with E-state index in [4.69, 9.17) is 5.73 Å². The predicted molar refractivity (Wildman–Crippen MR) is 92.8 cm³/mol. The number of nitrogens with zero attached hydrogens (tertiary/aromatic N) is 2. The number of rotatable bonds is 3. The molecule has 1 aromatic rings. The van der Waals surface area contributed by atoms with Crippen LogP contribution in [0.15, 0.2) is 30.3 Å². The van der Waals surface area contributed by atoms with E-state index < -0.39 is 0 Å². The highest BCUT2D eigenvalue weighted by Crippen LogP contribution is 2.27. The third-order valence-corrected chi connectivity index (χ3v) is 5.46. The molecule has 1 saturated carbocycles. The van der Waals surface area contributed by atoms with Crippen LogP contribution in [0.1, 0.15) is 38.2 Å². The molecule has 3 unspecified atom stereocenters. The molecule has 0 aromatic heterocycles. The molecule has 4 nitrogen and oxygen atoms in total. The second kappa shape index (κ2) is 7.45. The second-order valence-corrected chi connectivity index (χ2v) is 7.19. The molecule has 23 heavy (non-hydrogen) atoms. The summed E-state index contributed by atoms with van der Waals surface area (Å²) in [6.07, 6.45) is 3.90. The lowest BCUT2D eigenvalue weighted by molar-refractivity contribution is -0.135. The number of amides is 1. The zero-order valence-corrected chi connectivity index (χ0v) is 14.2.